The van der Waals surface area contributed by atoms with E-state index in [9.17, 15) is 18.4 Å². The van der Waals surface area contributed by atoms with Crippen molar-refractivity contribution in [3.63, 3.8) is 0 Å². The third-order valence-electron chi connectivity index (χ3n) is 5.37. The van der Waals surface area contributed by atoms with Crippen LogP contribution in [0, 0.1) is 11.6 Å². The van der Waals surface area contributed by atoms with Crippen molar-refractivity contribution in [2.45, 2.75) is 12.5 Å². The van der Waals surface area contributed by atoms with Gasteiger partial charge in [-0.3, -0.25) is 19.5 Å². The van der Waals surface area contributed by atoms with Crippen LogP contribution in [0.3, 0.4) is 0 Å². The maximum atomic E-state index is 13.5. The largest absolute Gasteiger partial charge is 0.444 e. The number of hydrogen-bond acceptors (Lipinski definition) is 6. The average molecular weight is 493 g/mol. The molecule has 1 aliphatic heterocycles. The average Bonchev–Trinajstić information content (AvgIpc) is 3.45. The Morgan fingerprint density at radius 1 is 1.03 bits per heavy atom. The number of thiazole rings is 1. The van der Waals surface area contributed by atoms with Crippen LogP contribution < -0.4 is 15.0 Å². The van der Waals surface area contributed by atoms with Gasteiger partial charge in [-0.05, 0) is 67.1 Å². The Morgan fingerprint density at radius 2 is 1.74 bits per heavy atom. The summed E-state index contributed by atoms with van der Waals surface area (Å²) in [5.41, 5.74) is 1.24. The van der Waals surface area contributed by atoms with E-state index in [-0.39, 0.29) is 11.6 Å². The van der Waals surface area contributed by atoms with Crippen molar-refractivity contribution in [3.8, 4) is 22.1 Å². The van der Waals surface area contributed by atoms with E-state index in [1.165, 1.54) is 47.5 Å². The number of ether oxygens (including phenoxy) is 1. The first-order valence-electron chi connectivity index (χ1n) is 10.7. The van der Waals surface area contributed by atoms with Crippen molar-refractivity contribution in [2.75, 3.05) is 11.4 Å². The molecule has 10 heteroatoms. The summed E-state index contributed by atoms with van der Waals surface area (Å²) in [6.07, 6.45) is 1.91. The Kier molecular flexibility index (Phi) is 6.19. The number of nitrogens with one attached hydrogen (secondary N) is 1. The number of aromatic nitrogens is 2. The maximum Gasteiger partial charge on any atom is 0.270 e. The lowest BCUT2D eigenvalue weighted by Crippen LogP contribution is -2.41. The van der Waals surface area contributed by atoms with E-state index >= 15 is 0 Å². The highest BCUT2D eigenvalue weighted by atomic mass is 32.1. The molecule has 2 aromatic heterocycles. The topological polar surface area (TPSA) is 84.4 Å². The number of amides is 2. The van der Waals surface area contributed by atoms with Crippen LogP contribution in [0.15, 0.2) is 72.9 Å². The summed E-state index contributed by atoms with van der Waals surface area (Å²) in [7, 11) is 0. The molecule has 0 saturated carbocycles. The summed E-state index contributed by atoms with van der Waals surface area (Å²) in [4.78, 5) is 35.6. The molecule has 1 saturated heterocycles. The monoisotopic (exact) mass is 492 g/mol. The Hall–Kier alpha value is -4.18. The lowest BCUT2D eigenvalue weighted by Gasteiger charge is -2.14. The fraction of sp³-hybridized carbons (Fsp3) is 0.120. The molecular formula is C25H18F2N4O3S. The highest BCUT2D eigenvalue weighted by Crippen LogP contribution is 2.42. The van der Waals surface area contributed by atoms with Crippen molar-refractivity contribution >= 4 is 28.3 Å². The molecule has 1 N–H and O–H groups in total. The predicted octanol–water partition coefficient (Wildman–Crippen LogP) is 4.81. The molecular weight excluding hydrogens is 474 g/mol. The lowest BCUT2D eigenvalue weighted by molar-refractivity contribution is -0.118. The van der Waals surface area contributed by atoms with Crippen molar-refractivity contribution in [1.29, 1.82) is 0 Å². The van der Waals surface area contributed by atoms with E-state index in [1.54, 1.807) is 30.3 Å². The first-order valence-corrected chi connectivity index (χ1v) is 11.5. The van der Waals surface area contributed by atoms with Gasteiger partial charge in [-0.1, -0.05) is 17.4 Å². The molecule has 3 heterocycles. The second-order valence-electron chi connectivity index (χ2n) is 7.71. The molecule has 1 fully saturated rings. The summed E-state index contributed by atoms with van der Waals surface area (Å²) < 4.78 is 32.8. The fourth-order valence-electron chi connectivity index (χ4n) is 3.61. The normalized spacial score (nSPS) is 15.3. The summed E-state index contributed by atoms with van der Waals surface area (Å²) in [6.45, 7) is 0.346. The van der Waals surface area contributed by atoms with E-state index in [0.717, 1.165) is 11.3 Å². The Labute approximate surface area is 203 Å². The summed E-state index contributed by atoms with van der Waals surface area (Å²) >= 11 is 1.14. The Morgan fingerprint density at radius 3 is 2.43 bits per heavy atom. The molecule has 1 aliphatic rings. The van der Waals surface area contributed by atoms with Crippen LogP contribution in [-0.4, -0.2) is 34.4 Å². The van der Waals surface area contributed by atoms with Gasteiger partial charge < -0.3 is 10.1 Å². The van der Waals surface area contributed by atoms with Crippen molar-refractivity contribution < 1.29 is 23.1 Å². The zero-order valence-corrected chi connectivity index (χ0v) is 19.0. The molecule has 0 bridgehead atoms. The minimum atomic E-state index is -0.718. The van der Waals surface area contributed by atoms with E-state index in [1.807, 2.05) is 0 Å². The smallest absolute Gasteiger partial charge is 0.270 e. The van der Waals surface area contributed by atoms with Gasteiger partial charge in [0.05, 0.1) is 0 Å². The van der Waals surface area contributed by atoms with Crippen molar-refractivity contribution in [1.82, 2.24) is 15.3 Å². The molecule has 35 heavy (non-hydrogen) atoms. The maximum absolute atomic E-state index is 13.5. The van der Waals surface area contributed by atoms with Gasteiger partial charge in [-0.2, -0.15) is 0 Å². The van der Waals surface area contributed by atoms with Gasteiger partial charge in [0, 0.05) is 18.3 Å². The van der Waals surface area contributed by atoms with Crippen LogP contribution >= 0.6 is 11.3 Å². The molecule has 4 aromatic rings. The zero-order chi connectivity index (χ0) is 24.4. The number of anilines is 1. The molecule has 0 spiro atoms. The SMILES string of the molecule is O=C(NC1CCN(c2nc(-c3ccc(F)cc3)c(Oc3ccc(F)cc3)s2)C1=O)c1ccccn1. The van der Waals surface area contributed by atoms with Crippen LogP contribution in [0.2, 0.25) is 0 Å². The highest BCUT2D eigenvalue weighted by Gasteiger charge is 2.36. The van der Waals surface area contributed by atoms with Gasteiger partial charge in [-0.25, -0.2) is 13.8 Å². The fourth-order valence-corrected chi connectivity index (χ4v) is 4.61. The Bertz CT molecular complexity index is 1360. The standard InChI is InChI=1S/C25H18F2N4O3S/c26-16-6-4-15(5-7-16)21-24(34-18-10-8-17(27)9-11-18)35-25(30-21)31-14-12-20(23(31)33)29-22(32)19-3-1-2-13-28-19/h1-11,13,20H,12,14H2,(H,29,32). The summed E-state index contributed by atoms with van der Waals surface area (Å²) in [5, 5.41) is 3.47. The molecule has 176 valence electrons. The van der Waals surface area contributed by atoms with Gasteiger partial charge in [0.15, 0.2) is 5.13 Å². The second-order valence-corrected chi connectivity index (χ2v) is 8.66. The number of carbonyl (C=O) groups is 2. The third-order valence-corrected chi connectivity index (χ3v) is 6.32. The molecule has 1 unspecified atom stereocenters. The van der Waals surface area contributed by atoms with Gasteiger partial charge in [0.1, 0.15) is 34.8 Å². The molecule has 2 aromatic carbocycles. The number of carbonyl (C=O) groups excluding carboxylic acids is 2. The van der Waals surface area contributed by atoms with E-state index in [4.69, 9.17) is 4.74 Å². The number of nitrogens with zero attached hydrogens (tertiary/aromatic N) is 3. The van der Waals surface area contributed by atoms with E-state index in [0.29, 0.717) is 40.2 Å². The summed E-state index contributed by atoms with van der Waals surface area (Å²) in [5.74, 6) is -1.15. The van der Waals surface area contributed by atoms with Crippen LogP contribution in [0.1, 0.15) is 16.9 Å². The van der Waals surface area contributed by atoms with Crippen LogP contribution in [-0.2, 0) is 4.79 Å². The van der Waals surface area contributed by atoms with Crippen LogP contribution in [0.4, 0.5) is 13.9 Å². The van der Waals surface area contributed by atoms with Crippen molar-refractivity contribution in [2.24, 2.45) is 0 Å². The first kappa shape index (κ1) is 22.6. The molecule has 0 radical (unpaired) electrons. The number of rotatable bonds is 6. The Balaban J connectivity index is 1.41. The second kappa shape index (κ2) is 9.59. The third kappa shape index (κ3) is 4.87. The van der Waals surface area contributed by atoms with Gasteiger partial charge in [-0.15, -0.1) is 0 Å². The molecule has 0 aliphatic carbocycles. The van der Waals surface area contributed by atoms with Crippen LogP contribution in [0.5, 0.6) is 10.8 Å². The van der Waals surface area contributed by atoms with Crippen LogP contribution in [0.25, 0.3) is 11.3 Å². The quantitative estimate of drug-likeness (QED) is 0.418. The van der Waals surface area contributed by atoms with Crippen molar-refractivity contribution in [3.05, 3.63) is 90.3 Å². The number of hydrogen-bond donors (Lipinski definition) is 1. The highest BCUT2D eigenvalue weighted by molar-refractivity contribution is 7.18. The minimum absolute atomic E-state index is 0.224. The number of halogens is 2. The van der Waals surface area contributed by atoms with E-state index < -0.39 is 23.6 Å². The predicted molar refractivity (Wildman–Crippen MR) is 126 cm³/mol. The number of benzene rings is 2. The minimum Gasteiger partial charge on any atom is -0.444 e. The molecule has 7 nitrogen and oxygen atoms in total. The van der Waals surface area contributed by atoms with Gasteiger partial charge in [0.2, 0.25) is 5.06 Å². The summed E-state index contributed by atoms with van der Waals surface area (Å²) in [6, 6.07) is 15.5. The number of pyridine rings is 1. The molecule has 5 rings (SSSR count). The first-order chi connectivity index (χ1) is 17.0. The van der Waals surface area contributed by atoms with Gasteiger partial charge in [0.25, 0.3) is 11.8 Å². The lowest BCUT2D eigenvalue weighted by atomic mass is 10.2. The molecule has 1 atom stereocenters. The molecule has 2 amide bonds. The van der Waals surface area contributed by atoms with E-state index in [2.05, 4.69) is 15.3 Å². The zero-order valence-electron chi connectivity index (χ0n) is 18.2. The van der Waals surface area contributed by atoms with Gasteiger partial charge >= 0.3 is 0 Å².